The van der Waals surface area contributed by atoms with E-state index in [-0.39, 0.29) is 11.7 Å². The molecule has 1 aliphatic heterocycles. The Labute approximate surface area is 156 Å². The third-order valence-electron chi connectivity index (χ3n) is 4.41. The van der Waals surface area contributed by atoms with E-state index in [0.29, 0.717) is 12.1 Å². The summed E-state index contributed by atoms with van der Waals surface area (Å²) in [5.74, 6) is -0.251. The van der Waals surface area contributed by atoms with Gasteiger partial charge in [-0.25, -0.2) is 0 Å². The van der Waals surface area contributed by atoms with Crippen LogP contribution >= 0.6 is 15.9 Å². The Morgan fingerprint density at radius 3 is 2.52 bits per heavy atom. The molecule has 0 radical (unpaired) electrons. The summed E-state index contributed by atoms with van der Waals surface area (Å²) in [4.78, 5) is 16.9. The van der Waals surface area contributed by atoms with E-state index in [9.17, 15) is 9.90 Å². The lowest BCUT2D eigenvalue weighted by Gasteiger charge is -2.36. The van der Waals surface area contributed by atoms with Crippen LogP contribution in [0.25, 0.3) is 0 Å². The average molecular weight is 404 g/mol. The second kappa shape index (κ2) is 8.36. The predicted molar refractivity (Wildman–Crippen MR) is 103 cm³/mol. The van der Waals surface area contributed by atoms with Crippen molar-refractivity contribution in [1.29, 1.82) is 0 Å². The molecular formula is C19H22BrN3O2. The van der Waals surface area contributed by atoms with Gasteiger partial charge in [0.2, 0.25) is 0 Å². The molecule has 5 nitrogen and oxygen atoms in total. The number of nitrogens with zero attached hydrogens (tertiary/aromatic N) is 2. The Hall–Kier alpha value is -2.05. The molecule has 3 rings (SSSR count). The summed E-state index contributed by atoms with van der Waals surface area (Å²) < 4.78 is 0.771. The molecule has 1 amide bonds. The number of halogens is 1. The first-order valence-corrected chi connectivity index (χ1v) is 9.22. The smallest absolute Gasteiger partial charge is 0.255 e. The highest BCUT2D eigenvalue weighted by molar-refractivity contribution is 9.10. The summed E-state index contributed by atoms with van der Waals surface area (Å²) in [6.07, 6.45) is 0. The number of benzene rings is 2. The summed E-state index contributed by atoms with van der Waals surface area (Å²) in [6.45, 7) is 5.31. The molecule has 0 aromatic heterocycles. The third kappa shape index (κ3) is 4.74. The van der Waals surface area contributed by atoms with Crippen LogP contribution in [-0.2, 0) is 0 Å². The van der Waals surface area contributed by atoms with E-state index in [0.717, 1.165) is 37.2 Å². The molecule has 0 saturated carbocycles. The van der Waals surface area contributed by atoms with Crippen molar-refractivity contribution in [2.45, 2.75) is 0 Å². The van der Waals surface area contributed by atoms with Crippen LogP contribution in [0.15, 0.2) is 53.0 Å². The van der Waals surface area contributed by atoms with E-state index < -0.39 is 0 Å². The normalized spacial score (nSPS) is 15.2. The van der Waals surface area contributed by atoms with Crippen molar-refractivity contribution in [1.82, 2.24) is 10.2 Å². The molecule has 6 heteroatoms. The number of carbonyl (C=O) groups excluding carboxylic acids is 1. The molecule has 0 aliphatic carbocycles. The van der Waals surface area contributed by atoms with E-state index in [1.807, 2.05) is 6.07 Å². The van der Waals surface area contributed by atoms with Crippen molar-refractivity contribution < 1.29 is 9.90 Å². The largest absolute Gasteiger partial charge is 0.507 e. The Morgan fingerprint density at radius 2 is 1.80 bits per heavy atom. The number of phenolic OH excluding ortho intramolecular Hbond substituents is 1. The zero-order valence-electron chi connectivity index (χ0n) is 14.0. The van der Waals surface area contributed by atoms with E-state index in [2.05, 4.69) is 55.3 Å². The van der Waals surface area contributed by atoms with Gasteiger partial charge in [0, 0.05) is 49.4 Å². The Morgan fingerprint density at radius 1 is 1.08 bits per heavy atom. The van der Waals surface area contributed by atoms with E-state index >= 15 is 0 Å². The molecule has 1 saturated heterocycles. The zero-order valence-corrected chi connectivity index (χ0v) is 15.6. The number of hydrogen-bond donors (Lipinski definition) is 2. The molecule has 2 aromatic rings. The first kappa shape index (κ1) is 17.8. The van der Waals surface area contributed by atoms with Crippen molar-refractivity contribution in [2.24, 2.45) is 0 Å². The summed E-state index contributed by atoms with van der Waals surface area (Å²) in [7, 11) is 0. The minimum absolute atomic E-state index is 0.00262. The van der Waals surface area contributed by atoms with Crippen LogP contribution in [0.5, 0.6) is 5.75 Å². The molecule has 0 bridgehead atoms. The number of anilines is 1. The number of nitrogens with one attached hydrogen (secondary N) is 1. The highest BCUT2D eigenvalue weighted by atomic mass is 79.9. The van der Waals surface area contributed by atoms with Crippen molar-refractivity contribution in [3.63, 3.8) is 0 Å². The van der Waals surface area contributed by atoms with Gasteiger partial charge in [-0.05, 0) is 30.3 Å². The van der Waals surface area contributed by atoms with Crippen LogP contribution in [0, 0.1) is 0 Å². The molecule has 1 heterocycles. The monoisotopic (exact) mass is 403 g/mol. The minimum atomic E-state index is -0.248. The quantitative estimate of drug-likeness (QED) is 0.805. The standard InChI is InChI=1S/C19H22BrN3O2/c20-15-6-7-18(24)17(14-15)19(25)21-8-9-22-10-12-23(13-11-22)16-4-2-1-3-5-16/h1-7,14,24H,8-13H2,(H,21,25). The second-order valence-electron chi connectivity index (χ2n) is 6.08. The lowest BCUT2D eigenvalue weighted by atomic mass is 10.2. The van der Waals surface area contributed by atoms with Gasteiger partial charge in [-0.3, -0.25) is 9.69 Å². The topological polar surface area (TPSA) is 55.8 Å². The van der Waals surface area contributed by atoms with Gasteiger partial charge in [-0.1, -0.05) is 34.1 Å². The molecule has 132 valence electrons. The van der Waals surface area contributed by atoms with Crippen LogP contribution in [0.2, 0.25) is 0 Å². The molecule has 2 aromatic carbocycles. The fourth-order valence-corrected chi connectivity index (χ4v) is 3.34. The molecule has 25 heavy (non-hydrogen) atoms. The number of carbonyl (C=O) groups is 1. The summed E-state index contributed by atoms with van der Waals surface area (Å²) >= 11 is 3.32. The molecule has 0 spiro atoms. The second-order valence-corrected chi connectivity index (χ2v) is 7.00. The fraction of sp³-hybridized carbons (Fsp3) is 0.316. The van der Waals surface area contributed by atoms with Gasteiger partial charge in [0.05, 0.1) is 5.56 Å². The van der Waals surface area contributed by atoms with E-state index in [4.69, 9.17) is 0 Å². The van der Waals surface area contributed by atoms with Crippen molar-refractivity contribution in [3.05, 3.63) is 58.6 Å². The number of rotatable bonds is 5. The maximum absolute atomic E-state index is 12.2. The Kier molecular flexibility index (Phi) is 5.94. The number of piperazine rings is 1. The predicted octanol–water partition coefficient (Wildman–Crippen LogP) is 2.71. The number of phenols is 1. The van der Waals surface area contributed by atoms with Crippen LogP contribution in [0.3, 0.4) is 0 Å². The zero-order chi connectivity index (χ0) is 17.6. The van der Waals surface area contributed by atoms with Crippen LogP contribution in [-0.4, -0.2) is 55.2 Å². The SMILES string of the molecule is O=C(NCCN1CCN(c2ccccc2)CC1)c1cc(Br)ccc1O. The molecule has 1 fully saturated rings. The van der Waals surface area contributed by atoms with Crippen LogP contribution < -0.4 is 10.2 Å². The fourth-order valence-electron chi connectivity index (χ4n) is 2.98. The van der Waals surface area contributed by atoms with E-state index in [1.54, 1.807) is 12.1 Å². The highest BCUT2D eigenvalue weighted by Gasteiger charge is 2.17. The van der Waals surface area contributed by atoms with Gasteiger partial charge in [0.25, 0.3) is 5.91 Å². The molecule has 1 aliphatic rings. The number of hydrogen-bond acceptors (Lipinski definition) is 4. The van der Waals surface area contributed by atoms with Crippen molar-refractivity contribution >= 4 is 27.5 Å². The van der Waals surface area contributed by atoms with Crippen molar-refractivity contribution in [3.8, 4) is 5.75 Å². The summed E-state index contributed by atoms with van der Waals surface area (Å²) in [6, 6.07) is 15.3. The van der Waals surface area contributed by atoms with Gasteiger partial charge in [-0.2, -0.15) is 0 Å². The minimum Gasteiger partial charge on any atom is -0.507 e. The van der Waals surface area contributed by atoms with Crippen molar-refractivity contribution in [2.75, 3.05) is 44.2 Å². The molecular weight excluding hydrogens is 382 g/mol. The Bertz CT molecular complexity index is 716. The Balaban J connectivity index is 1.43. The molecule has 0 atom stereocenters. The van der Waals surface area contributed by atoms with Gasteiger partial charge in [0.15, 0.2) is 0 Å². The van der Waals surface area contributed by atoms with Gasteiger partial charge in [0.1, 0.15) is 5.75 Å². The lowest BCUT2D eigenvalue weighted by molar-refractivity contribution is 0.0945. The maximum Gasteiger partial charge on any atom is 0.255 e. The first-order chi connectivity index (χ1) is 12.1. The van der Waals surface area contributed by atoms with Gasteiger partial charge < -0.3 is 15.3 Å². The van der Waals surface area contributed by atoms with E-state index in [1.165, 1.54) is 11.8 Å². The lowest BCUT2D eigenvalue weighted by Crippen LogP contribution is -2.48. The summed E-state index contributed by atoms with van der Waals surface area (Å²) in [5, 5.41) is 12.7. The summed E-state index contributed by atoms with van der Waals surface area (Å²) in [5.41, 5.74) is 1.56. The van der Waals surface area contributed by atoms with Gasteiger partial charge in [-0.15, -0.1) is 0 Å². The maximum atomic E-state index is 12.2. The number of aromatic hydroxyl groups is 1. The number of amides is 1. The first-order valence-electron chi connectivity index (χ1n) is 8.42. The highest BCUT2D eigenvalue weighted by Crippen LogP contribution is 2.21. The van der Waals surface area contributed by atoms with Crippen LogP contribution in [0.4, 0.5) is 5.69 Å². The molecule has 0 unspecified atom stereocenters. The average Bonchev–Trinajstić information content (AvgIpc) is 2.65. The third-order valence-corrected chi connectivity index (χ3v) is 4.90. The number of para-hydroxylation sites is 1. The van der Waals surface area contributed by atoms with Crippen LogP contribution in [0.1, 0.15) is 10.4 Å². The van der Waals surface area contributed by atoms with Gasteiger partial charge >= 0.3 is 0 Å². The molecule has 2 N–H and O–H groups in total.